The van der Waals surface area contributed by atoms with Crippen molar-refractivity contribution in [3.8, 4) is 0 Å². The summed E-state index contributed by atoms with van der Waals surface area (Å²) in [5.41, 5.74) is 0.278. The third-order valence-electron chi connectivity index (χ3n) is 2.00. The molecule has 88 valence electrons. The van der Waals surface area contributed by atoms with Crippen LogP contribution in [0.5, 0.6) is 0 Å². The second-order valence-electron chi connectivity index (χ2n) is 3.23. The van der Waals surface area contributed by atoms with Gasteiger partial charge in [0.1, 0.15) is 11.9 Å². The van der Waals surface area contributed by atoms with E-state index in [0.717, 1.165) is 0 Å². The summed E-state index contributed by atoms with van der Waals surface area (Å²) in [5, 5.41) is 17.2. The molecule has 0 radical (unpaired) electrons. The summed E-state index contributed by atoms with van der Waals surface area (Å²) in [4.78, 5) is 17.9. The molecule has 8 heteroatoms. The lowest BCUT2D eigenvalue weighted by Crippen LogP contribution is -2.04. The smallest absolute Gasteiger partial charge is 0.310 e. The maximum absolute atomic E-state index is 10.7. The summed E-state index contributed by atoms with van der Waals surface area (Å²) in [6, 6.07) is 1.52. The number of hydrogen-bond acceptors (Lipinski definition) is 7. The number of anilines is 1. The normalized spacial score (nSPS) is 10.2. The van der Waals surface area contributed by atoms with Crippen molar-refractivity contribution < 1.29 is 9.45 Å². The lowest BCUT2D eigenvalue weighted by atomic mass is 10.3. The lowest BCUT2D eigenvalue weighted by Gasteiger charge is -2.03. The molecule has 2 aromatic rings. The van der Waals surface area contributed by atoms with Crippen molar-refractivity contribution in [2.24, 2.45) is 0 Å². The van der Waals surface area contributed by atoms with Crippen molar-refractivity contribution in [2.45, 2.75) is 13.5 Å². The lowest BCUT2D eigenvalue weighted by molar-refractivity contribution is -0.384. The highest BCUT2D eigenvalue weighted by molar-refractivity contribution is 5.59. The summed E-state index contributed by atoms with van der Waals surface area (Å²) in [6.07, 6.45) is 2.65. The Bertz CT molecular complexity index is 539. The summed E-state index contributed by atoms with van der Waals surface area (Å²) in [5.74, 6) is 0.889. The van der Waals surface area contributed by atoms with Crippen molar-refractivity contribution in [1.82, 2.24) is 15.1 Å². The number of rotatable bonds is 4. The molecule has 0 aromatic carbocycles. The average Bonchev–Trinajstić information content (AvgIpc) is 2.73. The Kier molecular flexibility index (Phi) is 2.95. The molecule has 1 N–H and O–H groups in total. The van der Waals surface area contributed by atoms with Gasteiger partial charge in [-0.05, 0) is 6.07 Å². The molecule has 0 fully saturated rings. The minimum atomic E-state index is -0.503. The van der Waals surface area contributed by atoms with Crippen molar-refractivity contribution >= 4 is 11.4 Å². The molecule has 0 aliphatic carbocycles. The number of hydrogen-bond donors (Lipinski definition) is 1. The Morgan fingerprint density at radius 3 is 3.06 bits per heavy atom. The zero-order valence-electron chi connectivity index (χ0n) is 8.95. The van der Waals surface area contributed by atoms with E-state index in [0.29, 0.717) is 17.4 Å². The van der Waals surface area contributed by atoms with Gasteiger partial charge in [0.25, 0.3) is 0 Å². The van der Waals surface area contributed by atoms with E-state index >= 15 is 0 Å². The first-order chi connectivity index (χ1) is 8.16. The third-order valence-corrected chi connectivity index (χ3v) is 2.00. The van der Waals surface area contributed by atoms with Crippen LogP contribution in [0, 0.1) is 17.0 Å². The van der Waals surface area contributed by atoms with E-state index in [1.165, 1.54) is 18.5 Å². The molecule has 0 amide bonds. The molecule has 2 rings (SSSR count). The van der Waals surface area contributed by atoms with Crippen LogP contribution < -0.4 is 5.32 Å². The molecular weight excluding hydrogens is 226 g/mol. The molecule has 0 unspecified atom stereocenters. The third kappa shape index (κ3) is 2.54. The molecule has 0 aliphatic rings. The maximum atomic E-state index is 10.7. The van der Waals surface area contributed by atoms with Crippen LogP contribution in [0.4, 0.5) is 11.4 Å². The highest BCUT2D eigenvalue weighted by Gasteiger charge is 2.13. The van der Waals surface area contributed by atoms with Crippen molar-refractivity contribution in [2.75, 3.05) is 5.32 Å². The van der Waals surface area contributed by atoms with Gasteiger partial charge >= 0.3 is 5.69 Å². The summed E-state index contributed by atoms with van der Waals surface area (Å²) < 4.78 is 4.78. The first kappa shape index (κ1) is 11.0. The van der Waals surface area contributed by atoms with Crippen LogP contribution >= 0.6 is 0 Å². The molecule has 2 aromatic heterocycles. The molecule has 0 saturated carbocycles. The Morgan fingerprint density at radius 2 is 2.41 bits per heavy atom. The molecule has 0 spiro atoms. The second-order valence-corrected chi connectivity index (χ2v) is 3.23. The average molecular weight is 235 g/mol. The van der Waals surface area contributed by atoms with Gasteiger partial charge < -0.3 is 9.84 Å². The van der Waals surface area contributed by atoms with Crippen molar-refractivity contribution in [1.29, 1.82) is 0 Å². The van der Waals surface area contributed by atoms with Crippen LogP contribution in [-0.4, -0.2) is 20.0 Å². The van der Waals surface area contributed by atoms with Gasteiger partial charge in [0.05, 0.1) is 11.5 Å². The number of pyridine rings is 1. The van der Waals surface area contributed by atoms with E-state index < -0.39 is 4.92 Å². The summed E-state index contributed by atoms with van der Waals surface area (Å²) in [6.45, 7) is 1.92. The maximum Gasteiger partial charge on any atom is 0.310 e. The Labute approximate surface area is 95.8 Å². The predicted octanol–water partition coefficient (Wildman–Crippen LogP) is 1.29. The predicted molar refractivity (Wildman–Crippen MR) is 57.3 cm³/mol. The molecule has 2 heterocycles. The fourth-order valence-electron chi connectivity index (χ4n) is 1.27. The van der Waals surface area contributed by atoms with E-state index in [9.17, 15) is 10.1 Å². The first-order valence-corrected chi connectivity index (χ1v) is 4.78. The van der Waals surface area contributed by atoms with Crippen LogP contribution in [0.15, 0.2) is 23.0 Å². The second kappa shape index (κ2) is 4.56. The molecule has 0 aliphatic heterocycles. The first-order valence-electron chi connectivity index (χ1n) is 4.78. The minimum absolute atomic E-state index is 0.0901. The van der Waals surface area contributed by atoms with Crippen LogP contribution in [-0.2, 0) is 6.54 Å². The zero-order valence-corrected chi connectivity index (χ0v) is 8.95. The van der Waals surface area contributed by atoms with E-state index in [1.54, 1.807) is 6.92 Å². The largest absolute Gasteiger partial charge is 0.372 e. The van der Waals surface area contributed by atoms with Gasteiger partial charge in [0.15, 0.2) is 5.82 Å². The molecular formula is C9H9N5O3. The SMILES string of the molecule is Cc1nc(CNc2ccncc2[N+](=O)[O-])no1. The van der Waals surface area contributed by atoms with Crippen molar-refractivity contribution in [3.63, 3.8) is 0 Å². The standard InChI is InChI=1S/C9H9N5O3/c1-6-12-9(13-17-6)5-11-7-2-3-10-4-8(7)14(15)16/h2-4H,5H2,1H3,(H,10,11). The minimum Gasteiger partial charge on any atom is -0.372 e. The van der Waals surface area contributed by atoms with Gasteiger partial charge in [-0.15, -0.1) is 0 Å². The topological polar surface area (TPSA) is 107 Å². The van der Waals surface area contributed by atoms with Gasteiger partial charge in [-0.25, -0.2) is 0 Å². The molecule has 0 saturated heterocycles. The van der Waals surface area contributed by atoms with Crippen LogP contribution in [0.3, 0.4) is 0 Å². The fourth-order valence-corrected chi connectivity index (χ4v) is 1.27. The highest BCUT2D eigenvalue weighted by Crippen LogP contribution is 2.22. The fraction of sp³-hybridized carbons (Fsp3) is 0.222. The van der Waals surface area contributed by atoms with Gasteiger partial charge in [0.2, 0.25) is 5.89 Å². The Morgan fingerprint density at radius 1 is 1.59 bits per heavy atom. The van der Waals surface area contributed by atoms with Crippen LogP contribution in [0.25, 0.3) is 0 Å². The summed E-state index contributed by atoms with van der Waals surface area (Å²) >= 11 is 0. The van der Waals surface area contributed by atoms with Gasteiger partial charge in [-0.3, -0.25) is 15.1 Å². The van der Waals surface area contributed by atoms with Gasteiger partial charge in [-0.1, -0.05) is 5.16 Å². The molecule has 0 bridgehead atoms. The van der Waals surface area contributed by atoms with E-state index in [1.807, 2.05) is 0 Å². The molecule has 0 atom stereocenters. The Hall–Kier alpha value is -2.51. The monoisotopic (exact) mass is 235 g/mol. The quantitative estimate of drug-likeness (QED) is 0.628. The zero-order chi connectivity index (χ0) is 12.3. The number of nitrogens with one attached hydrogen (secondary N) is 1. The molecule has 8 nitrogen and oxygen atoms in total. The number of aromatic nitrogens is 3. The van der Waals surface area contributed by atoms with E-state index in [2.05, 4.69) is 20.4 Å². The van der Waals surface area contributed by atoms with E-state index in [-0.39, 0.29) is 12.2 Å². The van der Waals surface area contributed by atoms with Crippen LogP contribution in [0.1, 0.15) is 11.7 Å². The number of aryl methyl sites for hydroxylation is 1. The molecule has 17 heavy (non-hydrogen) atoms. The van der Waals surface area contributed by atoms with Gasteiger partial charge in [0, 0.05) is 13.1 Å². The van der Waals surface area contributed by atoms with Gasteiger partial charge in [-0.2, -0.15) is 4.98 Å². The summed E-state index contributed by atoms with van der Waals surface area (Å²) in [7, 11) is 0. The highest BCUT2D eigenvalue weighted by atomic mass is 16.6. The van der Waals surface area contributed by atoms with Crippen molar-refractivity contribution in [3.05, 3.63) is 40.3 Å². The van der Waals surface area contributed by atoms with Crippen LogP contribution in [0.2, 0.25) is 0 Å². The number of nitrogens with zero attached hydrogens (tertiary/aromatic N) is 4. The Balaban J connectivity index is 2.11. The number of nitro groups is 1. The van der Waals surface area contributed by atoms with E-state index in [4.69, 9.17) is 4.52 Å².